The van der Waals surface area contributed by atoms with Gasteiger partial charge in [-0.25, -0.2) is 4.79 Å². The predicted octanol–water partition coefficient (Wildman–Crippen LogP) is -0.480. The van der Waals surface area contributed by atoms with E-state index in [1.165, 1.54) is 7.11 Å². The Labute approximate surface area is 89.6 Å². The summed E-state index contributed by atoms with van der Waals surface area (Å²) in [6.07, 6.45) is 0. The number of hydrogen-bond acceptors (Lipinski definition) is 4. The van der Waals surface area contributed by atoms with Gasteiger partial charge in [0.15, 0.2) is 0 Å². The van der Waals surface area contributed by atoms with E-state index >= 15 is 0 Å². The van der Waals surface area contributed by atoms with Gasteiger partial charge >= 0.3 is 5.97 Å². The summed E-state index contributed by atoms with van der Waals surface area (Å²) in [4.78, 5) is 22.8. The molecule has 1 saturated heterocycles. The normalized spacial score (nSPS) is 27.1. The summed E-state index contributed by atoms with van der Waals surface area (Å²) in [6.45, 7) is 5.18. The number of carbonyl (C=O) groups is 2. The van der Waals surface area contributed by atoms with Crippen molar-refractivity contribution in [2.24, 2.45) is 11.8 Å². The second-order valence-corrected chi connectivity index (χ2v) is 4.00. The third kappa shape index (κ3) is 2.92. The molecule has 3 unspecified atom stereocenters. The minimum Gasteiger partial charge on any atom is -0.467 e. The van der Waals surface area contributed by atoms with Crippen LogP contribution in [0.15, 0.2) is 0 Å². The quantitative estimate of drug-likeness (QED) is 0.623. The van der Waals surface area contributed by atoms with Crippen molar-refractivity contribution in [2.45, 2.75) is 19.9 Å². The van der Waals surface area contributed by atoms with Crippen LogP contribution in [0.1, 0.15) is 13.8 Å². The molecule has 3 atom stereocenters. The summed E-state index contributed by atoms with van der Waals surface area (Å²) in [5.41, 5.74) is 0. The molecule has 5 nitrogen and oxygen atoms in total. The molecule has 0 aromatic heterocycles. The van der Waals surface area contributed by atoms with Crippen LogP contribution in [0.5, 0.6) is 0 Å². The second-order valence-electron chi connectivity index (χ2n) is 4.00. The van der Waals surface area contributed by atoms with Crippen LogP contribution in [0.25, 0.3) is 0 Å². The molecule has 15 heavy (non-hydrogen) atoms. The number of ether oxygens (including phenoxy) is 1. The van der Waals surface area contributed by atoms with Crippen LogP contribution >= 0.6 is 0 Å². The van der Waals surface area contributed by atoms with E-state index in [2.05, 4.69) is 15.4 Å². The Kier molecular flexibility index (Phi) is 4.08. The van der Waals surface area contributed by atoms with Gasteiger partial charge in [-0.1, -0.05) is 6.92 Å². The maximum Gasteiger partial charge on any atom is 0.328 e. The highest BCUT2D eigenvalue weighted by atomic mass is 16.5. The van der Waals surface area contributed by atoms with E-state index in [0.717, 1.165) is 6.54 Å². The van der Waals surface area contributed by atoms with Crippen molar-refractivity contribution in [3.05, 3.63) is 0 Å². The summed E-state index contributed by atoms with van der Waals surface area (Å²) in [5.74, 6) is -0.223. The van der Waals surface area contributed by atoms with Gasteiger partial charge in [-0.2, -0.15) is 0 Å². The molecule has 0 spiro atoms. The van der Waals surface area contributed by atoms with Crippen LogP contribution in [-0.4, -0.2) is 38.1 Å². The Bertz CT molecular complexity index is 255. The molecule has 1 heterocycles. The van der Waals surface area contributed by atoms with Crippen molar-refractivity contribution >= 4 is 11.9 Å². The summed E-state index contributed by atoms with van der Waals surface area (Å²) >= 11 is 0. The van der Waals surface area contributed by atoms with Gasteiger partial charge in [0, 0.05) is 6.54 Å². The fourth-order valence-corrected chi connectivity index (χ4v) is 1.72. The fourth-order valence-electron chi connectivity index (χ4n) is 1.72. The third-order valence-corrected chi connectivity index (χ3v) is 2.77. The largest absolute Gasteiger partial charge is 0.467 e. The molecule has 1 aliphatic rings. The number of carbonyl (C=O) groups excluding carboxylic acids is 2. The molecule has 1 aliphatic heterocycles. The number of amides is 1. The van der Waals surface area contributed by atoms with E-state index in [4.69, 9.17) is 0 Å². The number of esters is 1. The Balaban J connectivity index is 2.44. The van der Waals surface area contributed by atoms with Crippen LogP contribution in [0.3, 0.4) is 0 Å². The van der Waals surface area contributed by atoms with Gasteiger partial charge < -0.3 is 15.4 Å². The highest BCUT2D eigenvalue weighted by molar-refractivity contribution is 5.85. The molecule has 1 fully saturated rings. The molecule has 2 N–H and O–H groups in total. The van der Waals surface area contributed by atoms with Crippen molar-refractivity contribution in [2.75, 3.05) is 20.2 Å². The first kappa shape index (κ1) is 12.0. The second kappa shape index (κ2) is 5.11. The van der Waals surface area contributed by atoms with Gasteiger partial charge in [-0.05, 0) is 19.4 Å². The van der Waals surface area contributed by atoms with Crippen molar-refractivity contribution in [3.8, 4) is 0 Å². The first-order chi connectivity index (χ1) is 7.06. The van der Waals surface area contributed by atoms with Gasteiger partial charge in [0.05, 0.1) is 13.0 Å². The van der Waals surface area contributed by atoms with Crippen LogP contribution in [-0.2, 0) is 14.3 Å². The van der Waals surface area contributed by atoms with Crippen LogP contribution < -0.4 is 10.6 Å². The lowest BCUT2D eigenvalue weighted by Crippen LogP contribution is -2.43. The van der Waals surface area contributed by atoms with Gasteiger partial charge in [0.1, 0.15) is 6.04 Å². The van der Waals surface area contributed by atoms with E-state index < -0.39 is 12.0 Å². The maximum atomic E-state index is 11.7. The molecule has 5 heteroatoms. The first-order valence-electron chi connectivity index (χ1n) is 5.15. The summed E-state index contributed by atoms with van der Waals surface area (Å²) in [5, 5.41) is 5.79. The minimum atomic E-state index is -0.574. The highest BCUT2D eigenvalue weighted by Crippen LogP contribution is 2.15. The summed E-state index contributed by atoms with van der Waals surface area (Å²) < 4.78 is 4.53. The van der Waals surface area contributed by atoms with Crippen LogP contribution in [0, 0.1) is 11.8 Å². The molecule has 86 valence electrons. The molecule has 0 aromatic carbocycles. The third-order valence-electron chi connectivity index (χ3n) is 2.77. The van der Waals surface area contributed by atoms with Crippen molar-refractivity contribution in [1.82, 2.24) is 10.6 Å². The molecule has 1 rings (SSSR count). The smallest absolute Gasteiger partial charge is 0.328 e. The van der Waals surface area contributed by atoms with Gasteiger partial charge in [0.2, 0.25) is 5.91 Å². The van der Waals surface area contributed by atoms with Crippen LogP contribution in [0.4, 0.5) is 0 Å². The summed E-state index contributed by atoms with van der Waals surface area (Å²) in [6, 6.07) is -0.574. The standard InChI is InChI=1S/C10H18N2O3/c1-6-4-11-5-8(6)9(13)12-7(2)10(14)15-3/h6-8,11H,4-5H2,1-3H3,(H,12,13). The molecular formula is C10H18N2O3. The molecule has 0 saturated carbocycles. The Hall–Kier alpha value is -1.10. The monoisotopic (exact) mass is 214 g/mol. The Morgan fingerprint density at radius 2 is 2.13 bits per heavy atom. The molecule has 1 amide bonds. The van der Waals surface area contributed by atoms with E-state index in [1.807, 2.05) is 6.92 Å². The predicted molar refractivity (Wildman–Crippen MR) is 55.1 cm³/mol. The van der Waals surface area contributed by atoms with E-state index in [9.17, 15) is 9.59 Å². The maximum absolute atomic E-state index is 11.7. The zero-order valence-electron chi connectivity index (χ0n) is 9.37. The first-order valence-corrected chi connectivity index (χ1v) is 5.15. The van der Waals surface area contributed by atoms with Crippen molar-refractivity contribution < 1.29 is 14.3 Å². The van der Waals surface area contributed by atoms with Crippen molar-refractivity contribution in [3.63, 3.8) is 0 Å². The molecule has 0 bridgehead atoms. The van der Waals surface area contributed by atoms with E-state index in [0.29, 0.717) is 12.5 Å². The average molecular weight is 214 g/mol. The van der Waals surface area contributed by atoms with Gasteiger partial charge in [0.25, 0.3) is 0 Å². The molecule has 0 radical (unpaired) electrons. The van der Waals surface area contributed by atoms with Gasteiger partial charge in [-0.3, -0.25) is 4.79 Å². The average Bonchev–Trinajstić information content (AvgIpc) is 2.63. The minimum absolute atomic E-state index is 0.0443. The fraction of sp³-hybridized carbons (Fsp3) is 0.800. The van der Waals surface area contributed by atoms with E-state index in [-0.39, 0.29) is 11.8 Å². The lowest BCUT2D eigenvalue weighted by atomic mass is 9.97. The zero-order valence-corrected chi connectivity index (χ0v) is 9.37. The van der Waals surface area contributed by atoms with Crippen LogP contribution in [0.2, 0.25) is 0 Å². The lowest BCUT2D eigenvalue weighted by molar-refractivity contribution is -0.145. The molecule has 0 aromatic rings. The molecule has 0 aliphatic carbocycles. The Morgan fingerprint density at radius 3 is 2.60 bits per heavy atom. The van der Waals surface area contributed by atoms with Gasteiger partial charge in [-0.15, -0.1) is 0 Å². The number of rotatable bonds is 3. The summed E-state index contributed by atoms with van der Waals surface area (Å²) in [7, 11) is 1.31. The topological polar surface area (TPSA) is 67.4 Å². The number of nitrogens with one attached hydrogen (secondary N) is 2. The van der Waals surface area contributed by atoms with E-state index in [1.54, 1.807) is 6.92 Å². The lowest BCUT2D eigenvalue weighted by Gasteiger charge is -2.17. The SMILES string of the molecule is COC(=O)C(C)NC(=O)C1CNCC1C. The highest BCUT2D eigenvalue weighted by Gasteiger charge is 2.31. The number of hydrogen-bond donors (Lipinski definition) is 2. The molecular weight excluding hydrogens is 196 g/mol. The zero-order chi connectivity index (χ0) is 11.4. The van der Waals surface area contributed by atoms with Crippen molar-refractivity contribution in [1.29, 1.82) is 0 Å². The number of methoxy groups -OCH3 is 1. The Morgan fingerprint density at radius 1 is 1.47 bits per heavy atom.